The van der Waals surface area contributed by atoms with E-state index in [0.717, 1.165) is 33.9 Å². The zero-order valence-electron chi connectivity index (χ0n) is 24.1. The molecule has 7 rings (SSSR count). The van der Waals surface area contributed by atoms with Crippen LogP contribution >= 0.6 is 11.3 Å². The van der Waals surface area contributed by atoms with Crippen molar-refractivity contribution < 1.29 is 14.5 Å². The zero-order valence-corrected chi connectivity index (χ0v) is 24.9. The maximum Gasteiger partial charge on any atom is 0.270 e. The first kappa shape index (κ1) is 27.8. The minimum atomic E-state index is -0.475. The summed E-state index contributed by atoms with van der Waals surface area (Å²) in [6.45, 7) is 3.06. The molecule has 3 aromatic heterocycles. The molecule has 10 heteroatoms. The van der Waals surface area contributed by atoms with Crippen molar-refractivity contribution in [3.63, 3.8) is 0 Å². The largest absolute Gasteiger partial charge is 0.497 e. The Morgan fingerprint density at radius 1 is 0.932 bits per heavy atom. The molecule has 0 saturated carbocycles. The van der Waals surface area contributed by atoms with Gasteiger partial charge >= 0.3 is 0 Å². The number of piperazine rings is 1. The second-order valence-electron chi connectivity index (χ2n) is 10.8. The van der Waals surface area contributed by atoms with Crippen molar-refractivity contribution in [3.8, 4) is 27.4 Å². The number of rotatable bonds is 7. The van der Waals surface area contributed by atoms with Gasteiger partial charge in [-0.25, -0.2) is 4.98 Å². The molecule has 0 aliphatic carbocycles. The average molecular weight is 604 g/mol. The number of thiophene rings is 1. The van der Waals surface area contributed by atoms with Gasteiger partial charge in [0.15, 0.2) is 0 Å². The molecule has 4 heterocycles. The molecule has 44 heavy (non-hydrogen) atoms. The number of hydrogen-bond donors (Lipinski definition) is 0. The molecule has 1 fully saturated rings. The summed E-state index contributed by atoms with van der Waals surface area (Å²) >= 11 is 1.78. The van der Waals surface area contributed by atoms with Gasteiger partial charge < -0.3 is 14.0 Å². The van der Waals surface area contributed by atoms with Crippen molar-refractivity contribution >= 4 is 38.7 Å². The third-order valence-corrected chi connectivity index (χ3v) is 9.29. The Morgan fingerprint density at radius 3 is 2.45 bits per heavy atom. The summed E-state index contributed by atoms with van der Waals surface area (Å²) in [5, 5.41) is 12.4. The second-order valence-corrected chi connectivity index (χ2v) is 11.9. The maximum atomic E-state index is 13.2. The molecule has 0 unspecified atom stereocenters. The first-order valence-electron chi connectivity index (χ1n) is 14.4. The van der Waals surface area contributed by atoms with Crippen LogP contribution < -0.4 is 4.74 Å². The molecule has 9 nitrogen and oxygen atoms in total. The number of amides is 1. The van der Waals surface area contributed by atoms with E-state index in [2.05, 4.69) is 58.0 Å². The van der Waals surface area contributed by atoms with Crippen molar-refractivity contribution in [3.05, 3.63) is 119 Å². The van der Waals surface area contributed by atoms with Crippen LogP contribution in [0.4, 0.5) is 5.69 Å². The molecule has 1 aliphatic rings. The van der Waals surface area contributed by atoms with Crippen LogP contribution in [0.2, 0.25) is 0 Å². The minimum absolute atomic E-state index is 0.0804. The molecule has 1 aliphatic heterocycles. The number of aromatic nitrogens is 2. The van der Waals surface area contributed by atoms with E-state index in [9.17, 15) is 14.9 Å². The van der Waals surface area contributed by atoms with Crippen LogP contribution in [0.3, 0.4) is 0 Å². The number of carbonyl (C=O) groups excluding carboxylic acids is 1. The molecule has 0 atom stereocenters. The van der Waals surface area contributed by atoms with Crippen molar-refractivity contribution in [2.45, 2.75) is 6.54 Å². The fourth-order valence-corrected chi connectivity index (χ4v) is 6.80. The van der Waals surface area contributed by atoms with E-state index in [-0.39, 0.29) is 11.6 Å². The lowest BCUT2D eigenvalue weighted by molar-refractivity contribution is -0.384. The van der Waals surface area contributed by atoms with E-state index in [4.69, 9.17) is 9.72 Å². The molecule has 0 spiro atoms. The first-order chi connectivity index (χ1) is 21.5. The fraction of sp³-hybridized carbons (Fsp3) is 0.176. The van der Waals surface area contributed by atoms with Crippen molar-refractivity contribution in [1.29, 1.82) is 0 Å². The standard InChI is InChI=1S/C34H29N5O4S/c1-43-28-12-9-23(10-13-28)33-29(22-36-15-17-37(18-16-36)34(40)25-6-4-7-27(19-25)39(41)42)38-21-26(11-14-32(38)35-33)31-20-24-5-2-3-8-30(24)44-31/h2-14,19-21H,15-18,22H2,1H3. The van der Waals surface area contributed by atoms with Crippen LogP contribution in [0.1, 0.15) is 16.1 Å². The van der Waals surface area contributed by atoms with Crippen LogP contribution in [0, 0.1) is 10.1 Å². The Bertz CT molecular complexity index is 1980. The number of pyridine rings is 1. The number of carbonyl (C=O) groups is 1. The van der Waals surface area contributed by atoms with Gasteiger partial charge in [0.2, 0.25) is 0 Å². The van der Waals surface area contributed by atoms with Crippen LogP contribution in [-0.4, -0.2) is 63.3 Å². The summed E-state index contributed by atoms with van der Waals surface area (Å²) in [4.78, 5) is 34.3. The molecule has 1 saturated heterocycles. The predicted octanol–water partition coefficient (Wildman–Crippen LogP) is 6.76. The lowest BCUT2D eigenvalue weighted by atomic mass is 10.1. The summed E-state index contributed by atoms with van der Waals surface area (Å²) in [5.41, 5.74) is 5.25. The molecular weight excluding hydrogens is 574 g/mol. The van der Waals surface area contributed by atoms with Crippen molar-refractivity contribution in [2.75, 3.05) is 33.3 Å². The highest BCUT2D eigenvalue weighted by Crippen LogP contribution is 2.35. The Kier molecular flexibility index (Phi) is 7.29. The number of nitrogens with zero attached hydrogens (tertiary/aromatic N) is 5. The second kappa shape index (κ2) is 11.6. The molecule has 1 amide bonds. The molecule has 0 N–H and O–H groups in total. The topological polar surface area (TPSA) is 93.2 Å². The van der Waals surface area contributed by atoms with Crippen LogP contribution in [0.15, 0.2) is 97.2 Å². The van der Waals surface area contributed by atoms with Crippen LogP contribution in [0.5, 0.6) is 5.75 Å². The number of hydrogen-bond acceptors (Lipinski definition) is 7. The Morgan fingerprint density at radius 2 is 1.70 bits per heavy atom. The SMILES string of the molecule is COc1ccc(-c2nc3ccc(-c4cc5ccccc5s4)cn3c2CN2CCN(C(=O)c3cccc([N+](=O)[O-])c3)CC2)cc1. The van der Waals surface area contributed by atoms with Gasteiger partial charge in [0.1, 0.15) is 11.4 Å². The molecule has 0 bridgehead atoms. The van der Waals surface area contributed by atoms with Gasteiger partial charge in [-0.3, -0.25) is 19.8 Å². The molecule has 220 valence electrons. The first-order valence-corrected chi connectivity index (χ1v) is 15.2. The quantitative estimate of drug-likeness (QED) is 0.148. The normalized spacial score (nSPS) is 13.9. The van der Waals surface area contributed by atoms with E-state index in [1.807, 2.05) is 24.3 Å². The van der Waals surface area contributed by atoms with E-state index in [1.54, 1.807) is 35.5 Å². The van der Waals surface area contributed by atoms with Gasteiger partial charge in [-0.2, -0.15) is 0 Å². The monoisotopic (exact) mass is 603 g/mol. The minimum Gasteiger partial charge on any atom is -0.497 e. The highest BCUT2D eigenvalue weighted by Gasteiger charge is 2.25. The summed E-state index contributed by atoms with van der Waals surface area (Å²) in [7, 11) is 1.66. The highest BCUT2D eigenvalue weighted by atomic mass is 32.1. The zero-order chi connectivity index (χ0) is 30.2. The number of methoxy groups -OCH3 is 1. The Hall–Kier alpha value is -5.06. The van der Waals surface area contributed by atoms with Gasteiger partial charge in [0.05, 0.1) is 23.4 Å². The number of ether oxygens (including phenoxy) is 1. The maximum absolute atomic E-state index is 13.2. The molecular formula is C34H29N5O4S. The number of nitro groups is 1. The van der Waals surface area contributed by atoms with Gasteiger partial charge in [-0.15, -0.1) is 11.3 Å². The number of imidazole rings is 1. The molecule has 0 radical (unpaired) electrons. The summed E-state index contributed by atoms with van der Waals surface area (Å²) in [5.74, 6) is 0.603. The number of non-ortho nitro benzene ring substituents is 1. The van der Waals surface area contributed by atoms with E-state index >= 15 is 0 Å². The third kappa shape index (κ3) is 5.29. The highest BCUT2D eigenvalue weighted by molar-refractivity contribution is 7.22. The summed E-state index contributed by atoms with van der Waals surface area (Å²) in [6, 6.07) is 28.8. The lowest BCUT2D eigenvalue weighted by Crippen LogP contribution is -2.48. The van der Waals surface area contributed by atoms with Gasteiger partial charge in [-0.05, 0) is 60.0 Å². The lowest BCUT2D eigenvalue weighted by Gasteiger charge is -2.34. The van der Waals surface area contributed by atoms with Crippen LogP contribution in [0.25, 0.3) is 37.4 Å². The Balaban J connectivity index is 1.18. The van der Waals surface area contributed by atoms with E-state index in [1.165, 1.54) is 27.1 Å². The summed E-state index contributed by atoms with van der Waals surface area (Å²) < 4.78 is 8.84. The third-order valence-electron chi connectivity index (χ3n) is 8.13. The average Bonchev–Trinajstić information content (AvgIpc) is 3.66. The Labute approximate surface area is 257 Å². The van der Waals surface area contributed by atoms with E-state index in [0.29, 0.717) is 38.3 Å². The van der Waals surface area contributed by atoms with Crippen molar-refractivity contribution in [2.24, 2.45) is 0 Å². The predicted molar refractivity (Wildman–Crippen MR) is 172 cm³/mol. The van der Waals surface area contributed by atoms with Gasteiger partial charge in [0, 0.05) is 77.3 Å². The molecule has 3 aromatic carbocycles. The number of fused-ring (bicyclic) bond motifs is 2. The van der Waals surface area contributed by atoms with Crippen LogP contribution in [-0.2, 0) is 6.54 Å². The van der Waals surface area contributed by atoms with Crippen molar-refractivity contribution in [1.82, 2.24) is 19.2 Å². The van der Waals surface area contributed by atoms with E-state index < -0.39 is 4.92 Å². The fourth-order valence-electron chi connectivity index (χ4n) is 5.75. The number of nitro benzene ring substituents is 1. The van der Waals surface area contributed by atoms with Gasteiger partial charge in [-0.1, -0.05) is 24.3 Å². The smallest absolute Gasteiger partial charge is 0.270 e. The molecule has 6 aromatic rings. The van der Waals surface area contributed by atoms with Gasteiger partial charge in [0.25, 0.3) is 11.6 Å². The number of benzene rings is 3. The summed E-state index contributed by atoms with van der Waals surface area (Å²) in [6.07, 6.45) is 2.18.